The van der Waals surface area contributed by atoms with Crippen molar-refractivity contribution in [3.8, 4) is 5.75 Å². The van der Waals surface area contributed by atoms with Crippen LogP contribution in [0.15, 0.2) is 35.2 Å². The van der Waals surface area contributed by atoms with Gasteiger partial charge in [0.15, 0.2) is 0 Å². The largest absolute Gasteiger partial charge is 0.497 e. The van der Waals surface area contributed by atoms with Crippen LogP contribution in [0.1, 0.15) is 19.5 Å². The molecule has 0 bridgehead atoms. The number of thioether (sulfide) groups is 1. The van der Waals surface area contributed by atoms with Gasteiger partial charge in [-0.3, -0.25) is 9.69 Å². The number of carbonyl (C=O) groups excluding carboxylic acids is 1. The smallest absolute Gasteiger partial charge is 0.327 e. The van der Waals surface area contributed by atoms with Crippen molar-refractivity contribution < 1.29 is 19.4 Å². The molecule has 1 N–H and O–H groups in total. The van der Waals surface area contributed by atoms with E-state index in [1.807, 2.05) is 24.3 Å². The first-order valence-electron chi connectivity index (χ1n) is 8.26. The molecule has 1 saturated heterocycles. The molecule has 1 aliphatic rings. The van der Waals surface area contributed by atoms with Crippen molar-refractivity contribution >= 4 is 57.2 Å². The number of pyridine rings is 1. The summed E-state index contributed by atoms with van der Waals surface area (Å²) in [6, 6.07) is 8.25. The van der Waals surface area contributed by atoms with Crippen LogP contribution < -0.4 is 4.74 Å². The summed E-state index contributed by atoms with van der Waals surface area (Å²) < 4.78 is 5.45. The lowest BCUT2D eigenvalue weighted by Crippen LogP contribution is -2.47. The first-order chi connectivity index (χ1) is 12.8. The number of nitrogens with zero attached hydrogens (tertiary/aromatic N) is 2. The molecule has 140 valence electrons. The third kappa shape index (κ3) is 3.81. The Morgan fingerprint density at radius 3 is 2.70 bits per heavy atom. The Morgan fingerprint density at radius 1 is 1.33 bits per heavy atom. The minimum absolute atomic E-state index is 0.248. The molecule has 2 heterocycles. The van der Waals surface area contributed by atoms with Crippen LogP contribution >= 0.6 is 24.0 Å². The number of rotatable bonds is 5. The molecule has 1 aromatic heterocycles. The van der Waals surface area contributed by atoms with E-state index in [2.05, 4.69) is 4.98 Å². The van der Waals surface area contributed by atoms with Crippen LogP contribution in [-0.2, 0) is 9.59 Å². The second kappa shape index (κ2) is 7.66. The Morgan fingerprint density at radius 2 is 2.07 bits per heavy atom. The quantitative estimate of drug-likeness (QED) is 0.605. The van der Waals surface area contributed by atoms with Crippen LogP contribution in [0.3, 0.4) is 0 Å². The SMILES string of the molecule is COc1ccc2nc(/C=C3/SC(=S)N([C@H](C(=O)O)C(C)C)C3=O)ccc2c1. The molecule has 0 unspecified atom stereocenters. The predicted molar refractivity (Wildman–Crippen MR) is 110 cm³/mol. The van der Waals surface area contributed by atoms with E-state index in [0.717, 1.165) is 28.4 Å². The average Bonchev–Trinajstić information content (AvgIpc) is 2.88. The number of hydrogen-bond donors (Lipinski definition) is 1. The average molecular weight is 402 g/mol. The summed E-state index contributed by atoms with van der Waals surface area (Å²) in [7, 11) is 1.60. The van der Waals surface area contributed by atoms with Gasteiger partial charge in [0.2, 0.25) is 0 Å². The van der Waals surface area contributed by atoms with Gasteiger partial charge >= 0.3 is 5.97 Å². The van der Waals surface area contributed by atoms with Gasteiger partial charge in [0.1, 0.15) is 16.1 Å². The van der Waals surface area contributed by atoms with Gasteiger partial charge in [0.25, 0.3) is 5.91 Å². The van der Waals surface area contributed by atoms with E-state index < -0.39 is 17.9 Å². The molecule has 0 saturated carbocycles. The molecule has 0 spiro atoms. The normalized spacial score (nSPS) is 17.2. The maximum Gasteiger partial charge on any atom is 0.327 e. The molecule has 1 fully saturated rings. The summed E-state index contributed by atoms with van der Waals surface area (Å²) in [4.78, 5) is 30.4. The highest BCUT2D eigenvalue weighted by Gasteiger charge is 2.41. The number of carboxylic acids is 1. The third-order valence-corrected chi connectivity index (χ3v) is 5.51. The Hall–Kier alpha value is -2.45. The number of carbonyl (C=O) groups is 2. The van der Waals surface area contributed by atoms with Crippen LogP contribution in [0.25, 0.3) is 17.0 Å². The number of hydrogen-bond acceptors (Lipinski definition) is 6. The van der Waals surface area contributed by atoms with Crippen molar-refractivity contribution in [2.75, 3.05) is 7.11 Å². The first kappa shape index (κ1) is 19.3. The summed E-state index contributed by atoms with van der Waals surface area (Å²) in [5, 5.41) is 10.4. The van der Waals surface area contributed by atoms with Gasteiger partial charge in [-0.15, -0.1) is 0 Å². The second-order valence-corrected chi connectivity index (χ2v) is 8.05. The molecule has 27 heavy (non-hydrogen) atoms. The maximum absolute atomic E-state index is 12.8. The molecule has 1 aromatic carbocycles. The third-order valence-electron chi connectivity index (χ3n) is 4.18. The number of aromatic nitrogens is 1. The van der Waals surface area contributed by atoms with E-state index in [-0.39, 0.29) is 10.2 Å². The van der Waals surface area contributed by atoms with E-state index in [1.165, 1.54) is 4.90 Å². The fourth-order valence-electron chi connectivity index (χ4n) is 2.87. The number of thiocarbonyl (C=S) groups is 1. The molecule has 1 atom stereocenters. The van der Waals surface area contributed by atoms with Gasteiger partial charge in [-0.25, -0.2) is 9.78 Å². The summed E-state index contributed by atoms with van der Waals surface area (Å²) in [6.07, 6.45) is 1.64. The van der Waals surface area contributed by atoms with Crippen LogP contribution in [0.5, 0.6) is 5.75 Å². The minimum Gasteiger partial charge on any atom is -0.497 e. The molecular formula is C19H18N2O4S2. The molecule has 3 rings (SSSR count). The van der Waals surface area contributed by atoms with Crippen molar-refractivity contribution in [3.63, 3.8) is 0 Å². The van der Waals surface area contributed by atoms with Crippen LogP contribution in [0, 0.1) is 5.92 Å². The molecule has 1 aliphatic heterocycles. The van der Waals surface area contributed by atoms with Crippen molar-refractivity contribution in [1.82, 2.24) is 9.88 Å². The van der Waals surface area contributed by atoms with E-state index in [4.69, 9.17) is 17.0 Å². The highest BCUT2D eigenvalue weighted by molar-refractivity contribution is 8.26. The molecular weight excluding hydrogens is 384 g/mol. The van der Waals surface area contributed by atoms with Gasteiger partial charge in [-0.1, -0.05) is 43.9 Å². The fourth-order valence-corrected chi connectivity index (χ4v) is 4.19. The minimum atomic E-state index is -1.07. The van der Waals surface area contributed by atoms with Gasteiger partial charge < -0.3 is 9.84 Å². The zero-order valence-electron chi connectivity index (χ0n) is 15.0. The van der Waals surface area contributed by atoms with Crippen LogP contribution in [0.4, 0.5) is 0 Å². The molecule has 6 nitrogen and oxygen atoms in total. The van der Waals surface area contributed by atoms with Gasteiger partial charge in [-0.05, 0) is 36.3 Å². The Bertz CT molecular complexity index is 971. The number of fused-ring (bicyclic) bond motifs is 1. The standard InChI is InChI=1S/C19H18N2O4S2/c1-10(2)16(18(23)24)21-17(22)15(27-19(21)26)9-12-5-4-11-8-13(25-3)6-7-14(11)20-12/h4-10,16H,1-3H3,(H,23,24)/b15-9+/t16-/m0/s1. The lowest BCUT2D eigenvalue weighted by molar-refractivity contribution is -0.146. The monoisotopic (exact) mass is 402 g/mol. The van der Waals surface area contributed by atoms with Crippen molar-refractivity contribution in [3.05, 3.63) is 40.9 Å². The summed E-state index contributed by atoms with van der Waals surface area (Å²) in [5.41, 5.74) is 1.37. The molecule has 2 aromatic rings. The van der Waals surface area contributed by atoms with E-state index in [9.17, 15) is 14.7 Å². The summed E-state index contributed by atoms with van der Waals surface area (Å²) in [5.74, 6) is -0.993. The summed E-state index contributed by atoms with van der Waals surface area (Å²) >= 11 is 6.36. The summed E-state index contributed by atoms with van der Waals surface area (Å²) in [6.45, 7) is 3.50. The van der Waals surface area contributed by atoms with E-state index >= 15 is 0 Å². The lowest BCUT2D eigenvalue weighted by atomic mass is 10.0. The lowest BCUT2D eigenvalue weighted by Gasteiger charge is -2.26. The van der Waals surface area contributed by atoms with Gasteiger partial charge in [0.05, 0.1) is 23.2 Å². The molecule has 0 radical (unpaired) electrons. The Kier molecular flexibility index (Phi) is 5.48. The molecule has 0 aliphatic carbocycles. The number of carboxylic acid groups (broad SMARTS) is 1. The number of ether oxygens (including phenoxy) is 1. The van der Waals surface area contributed by atoms with Crippen LogP contribution in [0.2, 0.25) is 0 Å². The highest BCUT2D eigenvalue weighted by atomic mass is 32.2. The second-order valence-electron chi connectivity index (χ2n) is 6.37. The van der Waals surface area contributed by atoms with E-state index in [1.54, 1.807) is 33.1 Å². The number of methoxy groups -OCH3 is 1. The predicted octanol–water partition coefficient (Wildman–Crippen LogP) is 3.55. The molecule has 8 heteroatoms. The van der Waals surface area contributed by atoms with E-state index in [0.29, 0.717) is 10.6 Å². The number of benzene rings is 1. The first-order valence-corrected chi connectivity index (χ1v) is 9.49. The maximum atomic E-state index is 12.8. The molecule has 1 amide bonds. The highest BCUT2D eigenvalue weighted by Crippen LogP contribution is 2.35. The van der Waals surface area contributed by atoms with Crippen LogP contribution in [-0.4, -0.2) is 44.3 Å². The van der Waals surface area contributed by atoms with Crippen molar-refractivity contribution in [2.24, 2.45) is 5.92 Å². The number of amides is 1. The van der Waals surface area contributed by atoms with Gasteiger partial charge in [0, 0.05) is 5.39 Å². The van der Waals surface area contributed by atoms with Crippen molar-refractivity contribution in [1.29, 1.82) is 0 Å². The van der Waals surface area contributed by atoms with Crippen molar-refractivity contribution in [2.45, 2.75) is 19.9 Å². The number of aliphatic carboxylic acids is 1. The Balaban J connectivity index is 1.93. The zero-order valence-corrected chi connectivity index (χ0v) is 16.6. The fraction of sp³-hybridized carbons (Fsp3) is 0.263. The topological polar surface area (TPSA) is 79.7 Å². The van der Waals surface area contributed by atoms with Gasteiger partial charge in [-0.2, -0.15) is 0 Å². The zero-order chi connectivity index (χ0) is 19.7. The Labute approximate surface area is 166 Å².